The Morgan fingerprint density at radius 2 is 1.32 bits per heavy atom. The van der Waals surface area contributed by atoms with Crippen molar-refractivity contribution in [2.24, 2.45) is 5.73 Å². The molecule has 0 bridgehead atoms. The Balaban J connectivity index is 1.58. The molecule has 0 aliphatic carbocycles. The highest BCUT2D eigenvalue weighted by Gasteiger charge is 2.15. The highest BCUT2D eigenvalue weighted by atomic mass is 19.1. The van der Waals surface area contributed by atoms with Crippen LogP contribution in [0.25, 0.3) is 0 Å². The molecule has 0 aliphatic heterocycles. The average molecular weight is 392 g/mol. The van der Waals surface area contributed by atoms with E-state index in [1.54, 1.807) is 12.1 Å². The maximum Gasteiger partial charge on any atom is 0.123 e. The normalized spacial score (nSPS) is 14.6. The lowest BCUT2D eigenvalue weighted by Gasteiger charge is -2.19. The molecule has 0 amide bonds. The van der Waals surface area contributed by atoms with Gasteiger partial charge in [-0.25, -0.2) is 8.78 Å². The Kier molecular flexibility index (Phi) is 9.55. The van der Waals surface area contributed by atoms with Crippen LogP contribution in [0.2, 0.25) is 0 Å². The first kappa shape index (κ1) is 22.5. The molecular formula is C23H31F2NO2. The van der Waals surface area contributed by atoms with Gasteiger partial charge in [-0.2, -0.15) is 0 Å². The van der Waals surface area contributed by atoms with E-state index in [1.165, 1.54) is 24.3 Å². The Labute approximate surface area is 166 Å². The molecule has 2 rings (SSSR count). The molecule has 154 valence electrons. The highest BCUT2D eigenvalue weighted by Crippen LogP contribution is 2.15. The molecule has 1 unspecified atom stereocenters. The van der Waals surface area contributed by atoms with E-state index in [9.17, 15) is 19.0 Å². The van der Waals surface area contributed by atoms with Crippen LogP contribution in [0.1, 0.15) is 49.7 Å². The molecule has 0 saturated heterocycles. The minimum atomic E-state index is -0.631. The summed E-state index contributed by atoms with van der Waals surface area (Å²) in [5.74, 6) is -0.501. The maximum absolute atomic E-state index is 13.2. The van der Waals surface area contributed by atoms with E-state index >= 15 is 0 Å². The van der Waals surface area contributed by atoms with Crippen LogP contribution in [-0.2, 0) is 12.8 Å². The summed E-state index contributed by atoms with van der Waals surface area (Å²) in [6, 6.07) is 12.6. The third kappa shape index (κ3) is 8.46. The van der Waals surface area contributed by atoms with Crippen molar-refractivity contribution in [2.45, 2.75) is 69.6 Å². The number of hydrogen-bond donors (Lipinski definition) is 3. The smallest absolute Gasteiger partial charge is 0.123 e. The van der Waals surface area contributed by atoms with Crippen LogP contribution in [0.5, 0.6) is 0 Å². The molecule has 0 saturated carbocycles. The Morgan fingerprint density at radius 1 is 0.750 bits per heavy atom. The van der Waals surface area contributed by atoms with Crippen LogP contribution >= 0.6 is 0 Å². The SMILES string of the molecule is NC(CCc1cccc(F)c1)[C@H](O)CCC[C@@H](O)CCCc1cccc(F)c1. The minimum absolute atomic E-state index is 0.235. The number of benzene rings is 2. The number of aliphatic hydroxyl groups is 2. The second-order valence-electron chi connectivity index (χ2n) is 7.51. The van der Waals surface area contributed by atoms with E-state index in [1.807, 2.05) is 12.1 Å². The summed E-state index contributed by atoms with van der Waals surface area (Å²) >= 11 is 0. The van der Waals surface area contributed by atoms with Gasteiger partial charge < -0.3 is 15.9 Å². The largest absolute Gasteiger partial charge is 0.393 e. The van der Waals surface area contributed by atoms with Gasteiger partial charge in [0.1, 0.15) is 11.6 Å². The van der Waals surface area contributed by atoms with Gasteiger partial charge in [0.25, 0.3) is 0 Å². The average Bonchev–Trinajstić information content (AvgIpc) is 2.66. The Bertz CT molecular complexity index is 711. The molecule has 2 aromatic rings. The summed E-state index contributed by atoms with van der Waals surface area (Å²) in [6.07, 6.45) is 4.16. The lowest BCUT2D eigenvalue weighted by atomic mass is 9.97. The lowest BCUT2D eigenvalue weighted by molar-refractivity contribution is 0.110. The summed E-state index contributed by atoms with van der Waals surface area (Å²) < 4.78 is 26.3. The molecule has 0 radical (unpaired) electrons. The van der Waals surface area contributed by atoms with Crippen LogP contribution in [0.4, 0.5) is 8.78 Å². The van der Waals surface area contributed by atoms with Gasteiger partial charge in [-0.1, -0.05) is 24.3 Å². The standard InChI is InChI=1S/C23H31F2NO2/c24-19-8-1-5-17(15-19)7-3-10-21(27)11-4-12-23(28)22(26)14-13-18-6-2-9-20(25)16-18/h1-2,5-6,8-9,15-16,21-23,27-28H,3-4,7,10-14,26H2/t21-,22?,23+/m0/s1. The van der Waals surface area contributed by atoms with E-state index in [2.05, 4.69) is 0 Å². The van der Waals surface area contributed by atoms with Crippen LogP contribution in [0.3, 0.4) is 0 Å². The van der Waals surface area contributed by atoms with Crippen LogP contribution in [0.15, 0.2) is 48.5 Å². The second kappa shape index (κ2) is 11.9. The third-order valence-electron chi connectivity index (χ3n) is 5.08. The van der Waals surface area contributed by atoms with E-state index in [-0.39, 0.29) is 17.7 Å². The second-order valence-corrected chi connectivity index (χ2v) is 7.51. The molecule has 0 aliphatic rings. The van der Waals surface area contributed by atoms with Gasteiger partial charge in [0, 0.05) is 6.04 Å². The van der Waals surface area contributed by atoms with Crippen molar-refractivity contribution in [3.63, 3.8) is 0 Å². The first-order valence-electron chi connectivity index (χ1n) is 10.0. The van der Waals surface area contributed by atoms with Gasteiger partial charge in [-0.05, 0) is 86.8 Å². The van der Waals surface area contributed by atoms with Crippen molar-refractivity contribution in [2.75, 3.05) is 0 Å². The van der Waals surface area contributed by atoms with Crippen LogP contribution in [0, 0.1) is 11.6 Å². The molecule has 3 nitrogen and oxygen atoms in total. The molecular weight excluding hydrogens is 360 g/mol. The topological polar surface area (TPSA) is 66.5 Å². The fourth-order valence-electron chi connectivity index (χ4n) is 3.37. The number of hydrogen-bond acceptors (Lipinski definition) is 3. The third-order valence-corrected chi connectivity index (χ3v) is 5.08. The summed E-state index contributed by atoms with van der Waals surface area (Å²) in [5, 5.41) is 20.3. The summed E-state index contributed by atoms with van der Waals surface area (Å²) in [6.45, 7) is 0. The first-order chi connectivity index (χ1) is 13.4. The van der Waals surface area contributed by atoms with E-state index in [0.29, 0.717) is 38.5 Å². The molecule has 4 N–H and O–H groups in total. The number of rotatable bonds is 12. The van der Waals surface area contributed by atoms with Gasteiger partial charge in [-0.3, -0.25) is 0 Å². The Morgan fingerprint density at radius 3 is 1.93 bits per heavy atom. The summed E-state index contributed by atoms with van der Waals surface area (Å²) in [4.78, 5) is 0. The van der Waals surface area contributed by atoms with Gasteiger partial charge in [0.2, 0.25) is 0 Å². The van der Waals surface area contributed by atoms with Crippen molar-refractivity contribution in [3.05, 3.63) is 71.3 Å². The van der Waals surface area contributed by atoms with E-state index in [0.717, 1.165) is 24.0 Å². The highest BCUT2D eigenvalue weighted by molar-refractivity contribution is 5.17. The molecule has 28 heavy (non-hydrogen) atoms. The summed E-state index contributed by atoms with van der Waals surface area (Å²) in [7, 11) is 0. The Hall–Kier alpha value is -1.82. The first-order valence-corrected chi connectivity index (χ1v) is 10.0. The molecule has 0 heterocycles. The minimum Gasteiger partial charge on any atom is -0.393 e. The summed E-state index contributed by atoms with van der Waals surface area (Å²) in [5.41, 5.74) is 7.85. The van der Waals surface area contributed by atoms with Crippen molar-refractivity contribution in [3.8, 4) is 0 Å². The molecule has 0 aromatic heterocycles. The molecule has 2 aromatic carbocycles. The van der Waals surface area contributed by atoms with Gasteiger partial charge in [0.15, 0.2) is 0 Å². The molecule has 5 heteroatoms. The number of halogens is 2. The number of aliphatic hydroxyl groups excluding tert-OH is 2. The zero-order valence-electron chi connectivity index (χ0n) is 16.2. The molecule has 0 spiro atoms. The monoisotopic (exact) mass is 391 g/mol. The number of nitrogens with two attached hydrogens (primary N) is 1. The van der Waals surface area contributed by atoms with E-state index in [4.69, 9.17) is 5.73 Å². The predicted molar refractivity (Wildman–Crippen MR) is 108 cm³/mol. The van der Waals surface area contributed by atoms with Gasteiger partial charge in [0.05, 0.1) is 12.2 Å². The molecule has 3 atom stereocenters. The van der Waals surface area contributed by atoms with Crippen LogP contribution in [-0.4, -0.2) is 28.5 Å². The fourth-order valence-corrected chi connectivity index (χ4v) is 3.37. The quantitative estimate of drug-likeness (QED) is 0.509. The van der Waals surface area contributed by atoms with Crippen molar-refractivity contribution in [1.29, 1.82) is 0 Å². The predicted octanol–water partition coefficient (Wildman–Crippen LogP) is 4.14. The van der Waals surface area contributed by atoms with Crippen molar-refractivity contribution >= 4 is 0 Å². The number of aryl methyl sites for hydroxylation is 2. The van der Waals surface area contributed by atoms with Gasteiger partial charge in [-0.15, -0.1) is 0 Å². The lowest BCUT2D eigenvalue weighted by Crippen LogP contribution is -2.35. The van der Waals surface area contributed by atoms with Crippen molar-refractivity contribution in [1.82, 2.24) is 0 Å². The van der Waals surface area contributed by atoms with Gasteiger partial charge >= 0.3 is 0 Å². The maximum atomic E-state index is 13.2. The van der Waals surface area contributed by atoms with Crippen molar-refractivity contribution < 1.29 is 19.0 Å². The van der Waals surface area contributed by atoms with E-state index < -0.39 is 12.2 Å². The zero-order chi connectivity index (χ0) is 20.4. The van der Waals surface area contributed by atoms with Crippen LogP contribution < -0.4 is 5.73 Å². The zero-order valence-corrected chi connectivity index (χ0v) is 16.2. The fraction of sp³-hybridized carbons (Fsp3) is 0.478. The molecule has 0 fully saturated rings.